The second kappa shape index (κ2) is 8.46. The number of halogens is 2. The number of aromatic nitrogens is 1. The van der Waals surface area contributed by atoms with Crippen molar-refractivity contribution in [2.24, 2.45) is 0 Å². The third-order valence-corrected chi connectivity index (χ3v) is 3.75. The monoisotopic (exact) mass is 381 g/mol. The van der Waals surface area contributed by atoms with E-state index in [1.807, 2.05) is 0 Å². The first-order valence-corrected chi connectivity index (χ1v) is 7.77. The van der Waals surface area contributed by atoms with Gasteiger partial charge < -0.3 is 10.1 Å². The van der Waals surface area contributed by atoms with Crippen LogP contribution in [-0.4, -0.2) is 29.9 Å². The maximum Gasteiger partial charge on any atom is 0.340 e. The summed E-state index contributed by atoms with van der Waals surface area (Å²) in [6, 6.07) is 8.81. The first-order valence-electron chi connectivity index (χ1n) is 7.02. The van der Waals surface area contributed by atoms with Crippen LogP contribution in [0.15, 0.2) is 42.6 Å². The minimum atomic E-state index is -1.33. The molecule has 0 radical (unpaired) electrons. The van der Waals surface area contributed by atoms with Crippen molar-refractivity contribution in [2.75, 3.05) is 7.05 Å². The summed E-state index contributed by atoms with van der Waals surface area (Å²) < 4.78 is 5.25. The van der Waals surface area contributed by atoms with E-state index in [2.05, 4.69) is 15.6 Å². The van der Waals surface area contributed by atoms with Gasteiger partial charge in [-0.05, 0) is 6.07 Å². The lowest BCUT2D eigenvalue weighted by atomic mass is 10.1. The molecule has 0 aliphatic carbocycles. The van der Waals surface area contributed by atoms with Gasteiger partial charge in [-0.3, -0.25) is 10.1 Å². The Bertz CT molecular complexity index is 799. The van der Waals surface area contributed by atoms with Gasteiger partial charge in [0.05, 0.1) is 10.6 Å². The third-order valence-electron chi connectivity index (χ3n) is 3.06. The predicted octanol–water partition coefficient (Wildman–Crippen LogP) is 2.74. The maximum atomic E-state index is 12.3. The van der Waals surface area contributed by atoms with E-state index in [0.717, 1.165) is 0 Å². The molecule has 0 bridgehead atoms. The zero-order chi connectivity index (χ0) is 18.4. The molecule has 0 fully saturated rings. The van der Waals surface area contributed by atoms with Crippen LogP contribution in [0.5, 0.6) is 0 Å². The fourth-order valence-electron chi connectivity index (χ4n) is 1.85. The number of pyridine rings is 1. The fraction of sp³-hybridized carbons (Fsp3) is 0.125. The Hall–Kier alpha value is -2.64. The molecule has 0 aliphatic heterocycles. The topological polar surface area (TPSA) is 97.4 Å². The number of carbonyl (C=O) groups excluding carboxylic acids is 3. The number of benzene rings is 1. The van der Waals surface area contributed by atoms with E-state index in [0.29, 0.717) is 5.56 Å². The van der Waals surface area contributed by atoms with E-state index >= 15 is 0 Å². The lowest BCUT2D eigenvalue weighted by Crippen LogP contribution is -2.41. The molecule has 0 unspecified atom stereocenters. The van der Waals surface area contributed by atoms with Crippen LogP contribution in [0.1, 0.15) is 22.0 Å². The summed E-state index contributed by atoms with van der Waals surface area (Å²) >= 11 is 11.5. The number of rotatable bonds is 4. The summed E-state index contributed by atoms with van der Waals surface area (Å²) in [4.78, 5) is 39.7. The summed E-state index contributed by atoms with van der Waals surface area (Å²) in [6.07, 6.45) is -0.157. The molecule has 3 amide bonds. The van der Waals surface area contributed by atoms with Crippen LogP contribution in [0.25, 0.3) is 0 Å². The van der Waals surface area contributed by atoms with Crippen LogP contribution >= 0.6 is 23.2 Å². The van der Waals surface area contributed by atoms with Crippen LogP contribution in [0.4, 0.5) is 4.79 Å². The number of hydrogen-bond donors (Lipinski definition) is 2. The van der Waals surface area contributed by atoms with Crippen molar-refractivity contribution in [3.63, 3.8) is 0 Å². The second-order valence-corrected chi connectivity index (χ2v) is 5.53. The van der Waals surface area contributed by atoms with Gasteiger partial charge in [0.2, 0.25) is 6.10 Å². The van der Waals surface area contributed by atoms with Crippen molar-refractivity contribution >= 4 is 41.1 Å². The molecule has 1 atom stereocenters. The Labute approximate surface area is 153 Å². The van der Waals surface area contributed by atoms with Crippen LogP contribution in [0, 0.1) is 0 Å². The van der Waals surface area contributed by atoms with Gasteiger partial charge in [-0.2, -0.15) is 0 Å². The van der Waals surface area contributed by atoms with Crippen molar-refractivity contribution < 1.29 is 19.1 Å². The molecule has 2 aromatic rings. The Morgan fingerprint density at radius 1 is 1.16 bits per heavy atom. The fourth-order valence-corrected chi connectivity index (χ4v) is 2.12. The quantitative estimate of drug-likeness (QED) is 0.626. The molecule has 130 valence electrons. The van der Waals surface area contributed by atoms with Crippen LogP contribution in [-0.2, 0) is 9.53 Å². The van der Waals surface area contributed by atoms with Crippen LogP contribution < -0.4 is 10.6 Å². The molecule has 0 spiro atoms. The summed E-state index contributed by atoms with van der Waals surface area (Å²) in [5, 5.41) is 4.43. The normalized spacial score (nSPS) is 11.3. The van der Waals surface area contributed by atoms with E-state index in [-0.39, 0.29) is 15.7 Å². The molecule has 0 saturated carbocycles. The maximum absolute atomic E-state index is 12.3. The molecule has 25 heavy (non-hydrogen) atoms. The summed E-state index contributed by atoms with van der Waals surface area (Å²) in [5.41, 5.74) is 0.411. The van der Waals surface area contributed by atoms with E-state index < -0.39 is 24.0 Å². The van der Waals surface area contributed by atoms with E-state index in [9.17, 15) is 14.4 Å². The van der Waals surface area contributed by atoms with Gasteiger partial charge in [0.25, 0.3) is 5.91 Å². The SMILES string of the molecule is CNC(=O)NC(=O)[C@@H](OC(=O)c1cnc(Cl)c(Cl)c1)c1ccccc1. The molecule has 1 aromatic carbocycles. The number of ether oxygens (including phenoxy) is 1. The van der Waals surface area contributed by atoms with Crippen molar-refractivity contribution in [3.8, 4) is 0 Å². The highest BCUT2D eigenvalue weighted by Gasteiger charge is 2.27. The average molecular weight is 382 g/mol. The molecule has 1 aromatic heterocycles. The van der Waals surface area contributed by atoms with E-state index in [4.69, 9.17) is 27.9 Å². The molecular weight excluding hydrogens is 369 g/mol. The lowest BCUT2D eigenvalue weighted by molar-refractivity contribution is -0.129. The second-order valence-electron chi connectivity index (χ2n) is 4.76. The van der Waals surface area contributed by atoms with Gasteiger partial charge >= 0.3 is 12.0 Å². The molecular formula is C16H13Cl2N3O4. The number of nitrogens with one attached hydrogen (secondary N) is 2. The standard InChI is InChI=1S/C16H13Cl2N3O4/c1-19-16(24)21-14(22)12(9-5-3-2-4-6-9)25-15(23)10-7-11(17)13(18)20-8-10/h2-8,12H,1H3,(H2,19,21,22,24)/t12-/m0/s1. The molecule has 0 aliphatic rings. The van der Waals surface area contributed by atoms with Gasteiger partial charge in [-0.15, -0.1) is 0 Å². The van der Waals surface area contributed by atoms with Crippen molar-refractivity contribution in [1.29, 1.82) is 0 Å². The van der Waals surface area contributed by atoms with Gasteiger partial charge in [-0.1, -0.05) is 53.5 Å². The molecule has 2 N–H and O–H groups in total. The number of carbonyl (C=O) groups is 3. The Morgan fingerprint density at radius 2 is 1.84 bits per heavy atom. The first-order chi connectivity index (χ1) is 11.9. The van der Waals surface area contributed by atoms with Crippen molar-refractivity contribution in [3.05, 3.63) is 63.9 Å². The summed E-state index contributed by atoms with van der Waals surface area (Å²) in [5.74, 6) is -1.64. The number of imide groups is 1. The highest BCUT2D eigenvalue weighted by Crippen LogP contribution is 2.23. The van der Waals surface area contributed by atoms with Gasteiger partial charge in [0.15, 0.2) is 0 Å². The number of amides is 3. The molecule has 9 heteroatoms. The molecule has 2 rings (SSSR count). The molecule has 0 saturated heterocycles. The summed E-state index contributed by atoms with van der Waals surface area (Å²) in [6.45, 7) is 0. The number of esters is 1. The minimum Gasteiger partial charge on any atom is -0.444 e. The van der Waals surface area contributed by atoms with Gasteiger partial charge in [0, 0.05) is 18.8 Å². The van der Waals surface area contributed by atoms with Crippen molar-refractivity contribution in [2.45, 2.75) is 6.10 Å². The zero-order valence-corrected chi connectivity index (χ0v) is 14.5. The number of hydrogen-bond acceptors (Lipinski definition) is 5. The third kappa shape index (κ3) is 4.91. The number of nitrogens with zero attached hydrogens (tertiary/aromatic N) is 1. The van der Waals surface area contributed by atoms with E-state index in [1.54, 1.807) is 30.3 Å². The Kier molecular flexibility index (Phi) is 6.32. The lowest BCUT2D eigenvalue weighted by Gasteiger charge is -2.17. The smallest absolute Gasteiger partial charge is 0.340 e. The Morgan fingerprint density at radius 3 is 2.44 bits per heavy atom. The zero-order valence-electron chi connectivity index (χ0n) is 13.0. The minimum absolute atomic E-state index is 0.0167. The van der Waals surface area contributed by atoms with Gasteiger partial charge in [-0.25, -0.2) is 14.6 Å². The van der Waals surface area contributed by atoms with Crippen LogP contribution in [0.3, 0.4) is 0 Å². The van der Waals surface area contributed by atoms with Gasteiger partial charge in [0.1, 0.15) is 5.15 Å². The van der Waals surface area contributed by atoms with E-state index in [1.165, 1.54) is 19.3 Å². The molecule has 1 heterocycles. The first kappa shape index (κ1) is 18.7. The highest BCUT2D eigenvalue weighted by molar-refractivity contribution is 6.41. The molecule has 7 nitrogen and oxygen atoms in total. The Balaban J connectivity index is 2.26. The summed E-state index contributed by atoms with van der Waals surface area (Å²) in [7, 11) is 1.35. The highest BCUT2D eigenvalue weighted by atomic mass is 35.5. The predicted molar refractivity (Wildman–Crippen MR) is 91.5 cm³/mol. The van der Waals surface area contributed by atoms with Crippen molar-refractivity contribution in [1.82, 2.24) is 15.6 Å². The largest absolute Gasteiger partial charge is 0.444 e. The van der Waals surface area contributed by atoms with Crippen LogP contribution in [0.2, 0.25) is 10.2 Å². The average Bonchev–Trinajstić information content (AvgIpc) is 2.62. The number of urea groups is 1.